The number of hydrogen-bond acceptors (Lipinski definition) is 4. The maximum atomic E-state index is 11.0. The molecule has 0 spiro atoms. The molecule has 0 aromatic carbocycles. The van der Waals surface area contributed by atoms with E-state index in [2.05, 4.69) is 28.6 Å². The van der Waals surface area contributed by atoms with Gasteiger partial charge in [0.05, 0.1) is 7.11 Å². The second-order valence-corrected chi connectivity index (χ2v) is 4.63. The van der Waals surface area contributed by atoms with Crippen molar-refractivity contribution in [2.75, 3.05) is 7.11 Å². The molecule has 0 aliphatic heterocycles. The zero-order valence-corrected chi connectivity index (χ0v) is 11.1. The number of methoxy groups -OCH3 is 1. The van der Waals surface area contributed by atoms with Crippen molar-refractivity contribution < 1.29 is 9.53 Å². The van der Waals surface area contributed by atoms with Crippen molar-refractivity contribution in [2.24, 2.45) is 5.92 Å². The third kappa shape index (κ3) is 4.69. The number of hydrogen-bond donors (Lipinski definition) is 0. The predicted octanol–water partition coefficient (Wildman–Crippen LogP) is 2.43. The van der Waals surface area contributed by atoms with Crippen LogP contribution in [0.3, 0.4) is 0 Å². The Kier molecular flexibility index (Phi) is 5.35. The fourth-order valence-corrected chi connectivity index (χ4v) is 1.63. The first-order valence-electron chi connectivity index (χ1n) is 5.60. The lowest BCUT2D eigenvalue weighted by Gasteiger charge is -2.06. The molecular formula is C12H17ClN2O2. The van der Waals surface area contributed by atoms with E-state index in [0.29, 0.717) is 23.9 Å². The number of ether oxygens (including phenoxy) is 1. The fourth-order valence-electron chi connectivity index (χ4n) is 1.39. The Hall–Kier alpha value is -1.16. The van der Waals surface area contributed by atoms with Gasteiger partial charge >= 0.3 is 5.97 Å². The third-order valence-electron chi connectivity index (χ3n) is 2.28. The Labute approximate surface area is 106 Å². The molecular weight excluding hydrogens is 240 g/mol. The molecule has 0 aliphatic carbocycles. The topological polar surface area (TPSA) is 52.1 Å². The van der Waals surface area contributed by atoms with E-state index in [4.69, 9.17) is 11.6 Å². The molecule has 94 valence electrons. The Morgan fingerprint density at radius 3 is 2.76 bits per heavy atom. The fraction of sp³-hybridized carbons (Fsp3) is 0.583. The molecule has 0 bridgehead atoms. The molecule has 0 atom stereocenters. The van der Waals surface area contributed by atoms with Crippen molar-refractivity contribution in [1.29, 1.82) is 0 Å². The van der Waals surface area contributed by atoms with Gasteiger partial charge in [-0.3, -0.25) is 4.79 Å². The molecule has 0 aliphatic rings. The third-order valence-corrected chi connectivity index (χ3v) is 2.61. The van der Waals surface area contributed by atoms with Gasteiger partial charge in [-0.2, -0.15) is 0 Å². The molecule has 0 radical (unpaired) electrons. The average Bonchev–Trinajstić information content (AvgIpc) is 2.26. The molecule has 0 amide bonds. The van der Waals surface area contributed by atoms with Crippen LogP contribution in [0.2, 0.25) is 5.15 Å². The number of carbonyl (C=O) groups excluding carboxylic acids is 1. The van der Waals surface area contributed by atoms with Crippen LogP contribution < -0.4 is 0 Å². The first kappa shape index (κ1) is 13.9. The highest BCUT2D eigenvalue weighted by molar-refractivity contribution is 6.30. The maximum absolute atomic E-state index is 11.0. The van der Waals surface area contributed by atoms with E-state index in [1.807, 2.05) is 0 Å². The van der Waals surface area contributed by atoms with Gasteiger partial charge in [0.1, 0.15) is 11.0 Å². The van der Waals surface area contributed by atoms with Gasteiger partial charge < -0.3 is 4.74 Å². The Morgan fingerprint density at radius 1 is 1.53 bits per heavy atom. The molecule has 0 unspecified atom stereocenters. The SMILES string of the molecule is COC(=O)CCc1cnc(CC(C)C)nc1Cl. The van der Waals surface area contributed by atoms with E-state index < -0.39 is 0 Å². The van der Waals surface area contributed by atoms with E-state index in [1.165, 1.54) is 7.11 Å². The van der Waals surface area contributed by atoms with Crippen LogP contribution in [0.25, 0.3) is 0 Å². The molecule has 0 saturated carbocycles. The van der Waals surface area contributed by atoms with Crippen molar-refractivity contribution in [1.82, 2.24) is 9.97 Å². The number of carbonyl (C=O) groups is 1. The van der Waals surface area contributed by atoms with Gasteiger partial charge in [-0.1, -0.05) is 25.4 Å². The largest absolute Gasteiger partial charge is 0.469 e. The summed E-state index contributed by atoms with van der Waals surface area (Å²) in [4.78, 5) is 19.5. The number of halogens is 1. The van der Waals surface area contributed by atoms with E-state index in [1.54, 1.807) is 6.20 Å². The van der Waals surface area contributed by atoms with Crippen LogP contribution in [0.5, 0.6) is 0 Å². The highest BCUT2D eigenvalue weighted by atomic mass is 35.5. The lowest BCUT2D eigenvalue weighted by molar-refractivity contribution is -0.140. The summed E-state index contributed by atoms with van der Waals surface area (Å²) in [6.07, 6.45) is 3.30. The highest BCUT2D eigenvalue weighted by Crippen LogP contribution is 2.15. The van der Waals surface area contributed by atoms with Crippen LogP contribution in [0, 0.1) is 5.92 Å². The van der Waals surface area contributed by atoms with Gasteiger partial charge in [0.15, 0.2) is 0 Å². The van der Waals surface area contributed by atoms with E-state index in [0.717, 1.165) is 17.8 Å². The Bertz CT molecular complexity index is 394. The first-order chi connectivity index (χ1) is 8.02. The molecule has 5 heteroatoms. The molecule has 1 aromatic rings. The number of esters is 1. The van der Waals surface area contributed by atoms with Crippen LogP contribution >= 0.6 is 11.6 Å². The van der Waals surface area contributed by atoms with Crippen LogP contribution in [0.4, 0.5) is 0 Å². The molecule has 17 heavy (non-hydrogen) atoms. The van der Waals surface area contributed by atoms with Crippen LogP contribution in [-0.2, 0) is 22.4 Å². The Balaban J connectivity index is 2.66. The zero-order chi connectivity index (χ0) is 12.8. The lowest BCUT2D eigenvalue weighted by Crippen LogP contribution is -2.05. The molecule has 4 nitrogen and oxygen atoms in total. The summed E-state index contributed by atoms with van der Waals surface area (Å²) in [6, 6.07) is 0. The number of aromatic nitrogens is 2. The Morgan fingerprint density at radius 2 is 2.24 bits per heavy atom. The van der Waals surface area contributed by atoms with Crippen LogP contribution in [0.1, 0.15) is 31.7 Å². The minimum atomic E-state index is -0.257. The van der Waals surface area contributed by atoms with Crippen LogP contribution in [0.15, 0.2) is 6.20 Å². The second-order valence-electron chi connectivity index (χ2n) is 4.28. The number of aryl methyl sites for hydroxylation is 1. The summed E-state index contributed by atoms with van der Waals surface area (Å²) in [5.74, 6) is 0.978. The summed E-state index contributed by atoms with van der Waals surface area (Å²) in [5.41, 5.74) is 0.782. The van der Waals surface area contributed by atoms with Crippen LogP contribution in [-0.4, -0.2) is 23.0 Å². The summed E-state index contributed by atoms with van der Waals surface area (Å²) >= 11 is 6.04. The second kappa shape index (κ2) is 6.55. The van der Waals surface area contributed by atoms with E-state index in [-0.39, 0.29) is 5.97 Å². The van der Waals surface area contributed by atoms with Gasteiger partial charge in [0, 0.05) is 24.6 Å². The summed E-state index contributed by atoms with van der Waals surface area (Å²) in [6.45, 7) is 4.20. The van der Waals surface area contributed by atoms with Gasteiger partial charge in [0.2, 0.25) is 0 Å². The minimum absolute atomic E-state index is 0.257. The molecule has 0 N–H and O–H groups in total. The normalized spacial score (nSPS) is 10.6. The quantitative estimate of drug-likeness (QED) is 0.600. The zero-order valence-electron chi connectivity index (χ0n) is 10.4. The predicted molar refractivity (Wildman–Crippen MR) is 65.9 cm³/mol. The standard InChI is InChI=1S/C12H17ClN2O2/c1-8(2)6-10-14-7-9(12(13)15-10)4-5-11(16)17-3/h7-8H,4-6H2,1-3H3. The number of rotatable bonds is 5. The molecule has 1 heterocycles. The van der Waals surface area contributed by atoms with Crippen molar-refractivity contribution in [3.05, 3.63) is 22.7 Å². The van der Waals surface area contributed by atoms with Gasteiger partial charge in [-0.25, -0.2) is 9.97 Å². The lowest BCUT2D eigenvalue weighted by atomic mass is 10.1. The first-order valence-corrected chi connectivity index (χ1v) is 5.97. The van der Waals surface area contributed by atoms with E-state index >= 15 is 0 Å². The minimum Gasteiger partial charge on any atom is -0.469 e. The van der Waals surface area contributed by atoms with Crippen molar-refractivity contribution >= 4 is 17.6 Å². The summed E-state index contributed by atoms with van der Waals surface area (Å²) in [5, 5.41) is 0.430. The van der Waals surface area contributed by atoms with E-state index in [9.17, 15) is 4.79 Å². The average molecular weight is 257 g/mol. The van der Waals surface area contributed by atoms with Crippen molar-refractivity contribution in [2.45, 2.75) is 33.1 Å². The molecule has 1 aromatic heterocycles. The van der Waals surface area contributed by atoms with Gasteiger partial charge in [0.25, 0.3) is 0 Å². The molecule has 1 rings (SSSR count). The van der Waals surface area contributed by atoms with Crippen molar-refractivity contribution in [3.63, 3.8) is 0 Å². The number of nitrogens with zero attached hydrogens (tertiary/aromatic N) is 2. The summed E-state index contributed by atoms with van der Waals surface area (Å²) < 4.78 is 4.57. The molecule has 0 fully saturated rings. The highest BCUT2D eigenvalue weighted by Gasteiger charge is 2.09. The maximum Gasteiger partial charge on any atom is 0.305 e. The summed E-state index contributed by atoms with van der Waals surface area (Å²) in [7, 11) is 1.37. The van der Waals surface area contributed by atoms with Gasteiger partial charge in [-0.15, -0.1) is 0 Å². The van der Waals surface area contributed by atoms with Crippen molar-refractivity contribution in [3.8, 4) is 0 Å². The smallest absolute Gasteiger partial charge is 0.305 e. The monoisotopic (exact) mass is 256 g/mol. The molecule has 0 saturated heterocycles. The van der Waals surface area contributed by atoms with Gasteiger partial charge in [-0.05, 0) is 12.3 Å².